The maximum absolute atomic E-state index is 15.5. The molecule has 0 unspecified atom stereocenters. The number of aryl methyl sites for hydroxylation is 2. The van der Waals surface area contributed by atoms with Crippen LogP contribution in [0.1, 0.15) is 95.8 Å². The van der Waals surface area contributed by atoms with Crippen molar-refractivity contribution in [1.82, 2.24) is 0 Å². The fraction of sp³-hybridized carbons (Fsp3) is 0.486. The number of hydrogen-bond acceptors (Lipinski definition) is 1. The summed E-state index contributed by atoms with van der Waals surface area (Å²) in [6.45, 7) is 11.6. The van der Waals surface area contributed by atoms with E-state index in [1.807, 2.05) is 18.2 Å². The molecule has 1 aliphatic carbocycles. The van der Waals surface area contributed by atoms with Crippen molar-refractivity contribution < 1.29 is 13.5 Å². The molecule has 0 aliphatic heterocycles. The molecule has 0 N–H and O–H groups in total. The van der Waals surface area contributed by atoms with Crippen molar-refractivity contribution >= 4 is 0 Å². The van der Waals surface area contributed by atoms with Crippen LogP contribution >= 0.6 is 0 Å². The van der Waals surface area contributed by atoms with Gasteiger partial charge < -0.3 is 4.74 Å². The minimum Gasteiger partial charge on any atom is -0.493 e. The van der Waals surface area contributed by atoms with Crippen molar-refractivity contribution in [2.45, 2.75) is 91.9 Å². The van der Waals surface area contributed by atoms with E-state index in [2.05, 4.69) is 46.8 Å². The van der Waals surface area contributed by atoms with Crippen LogP contribution in [0.15, 0.2) is 48.5 Å². The summed E-state index contributed by atoms with van der Waals surface area (Å²) >= 11 is 0. The molecule has 0 heterocycles. The molecule has 0 spiro atoms. The van der Waals surface area contributed by atoms with Crippen LogP contribution in [-0.2, 0) is 12.8 Å². The van der Waals surface area contributed by atoms with Crippen LogP contribution in [0.2, 0.25) is 0 Å². The maximum Gasteiger partial charge on any atom is 0.131 e. The first-order valence-electron chi connectivity index (χ1n) is 14.8. The van der Waals surface area contributed by atoms with E-state index < -0.39 is 0 Å². The Kier molecular flexibility index (Phi) is 9.63. The van der Waals surface area contributed by atoms with E-state index in [0.29, 0.717) is 35.1 Å². The van der Waals surface area contributed by atoms with Crippen molar-refractivity contribution in [3.8, 4) is 28.0 Å². The summed E-state index contributed by atoms with van der Waals surface area (Å²) in [5.74, 6) is 2.08. The van der Waals surface area contributed by atoms with Gasteiger partial charge in [0.15, 0.2) is 0 Å². The third kappa shape index (κ3) is 6.30. The van der Waals surface area contributed by atoms with Crippen molar-refractivity contribution in [3.63, 3.8) is 0 Å². The Morgan fingerprint density at radius 2 is 1.32 bits per heavy atom. The molecule has 1 saturated carbocycles. The molecule has 0 saturated heterocycles. The molecule has 0 radical (unpaired) electrons. The van der Waals surface area contributed by atoms with Crippen LogP contribution in [0, 0.1) is 23.5 Å². The first-order chi connectivity index (χ1) is 18.4. The Bertz CT molecular complexity index is 1190. The summed E-state index contributed by atoms with van der Waals surface area (Å²) in [5.41, 5.74) is 5.69. The van der Waals surface area contributed by atoms with Gasteiger partial charge in [0.1, 0.15) is 17.4 Å². The molecular formula is C35H44F2O. The Hall–Kier alpha value is -2.68. The zero-order valence-electron chi connectivity index (χ0n) is 23.9. The summed E-state index contributed by atoms with van der Waals surface area (Å²) in [6.07, 6.45) is 8.45. The Labute approximate surface area is 228 Å². The van der Waals surface area contributed by atoms with Crippen LogP contribution < -0.4 is 4.74 Å². The Balaban J connectivity index is 1.60. The molecule has 0 bridgehead atoms. The van der Waals surface area contributed by atoms with E-state index in [0.717, 1.165) is 72.4 Å². The molecule has 3 aromatic carbocycles. The Morgan fingerprint density at radius 1 is 0.737 bits per heavy atom. The number of ether oxygens (including phenoxy) is 1. The minimum atomic E-state index is -0.331. The number of benzene rings is 3. The summed E-state index contributed by atoms with van der Waals surface area (Å²) in [6, 6.07) is 14.8. The third-order valence-electron chi connectivity index (χ3n) is 8.69. The topological polar surface area (TPSA) is 9.23 Å². The fourth-order valence-corrected chi connectivity index (χ4v) is 5.88. The van der Waals surface area contributed by atoms with Gasteiger partial charge in [-0.25, -0.2) is 8.78 Å². The standard InChI is InChI=1S/C35H44F2O/c1-6-24(7-2)22-38-35-25(8-3)18-30(19-26(35)9-4)32-17-15-29(21-34(32)37)31-16-14-28(20-33(31)36)27-12-10-23(5)11-13-27/h14-21,23-24,27H,6-13,22H2,1-5H3. The highest BCUT2D eigenvalue weighted by Crippen LogP contribution is 2.38. The van der Waals surface area contributed by atoms with E-state index in [4.69, 9.17) is 4.74 Å². The number of rotatable bonds is 10. The molecule has 1 fully saturated rings. The summed E-state index contributed by atoms with van der Waals surface area (Å²) < 4.78 is 37.1. The second-order valence-electron chi connectivity index (χ2n) is 11.2. The molecule has 0 aromatic heterocycles. The van der Waals surface area contributed by atoms with Gasteiger partial charge in [-0.3, -0.25) is 0 Å². The van der Waals surface area contributed by atoms with Gasteiger partial charge in [-0.1, -0.05) is 84.6 Å². The van der Waals surface area contributed by atoms with Gasteiger partial charge >= 0.3 is 0 Å². The highest BCUT2D eigenvalue weighted by Gasteiger charge is 2.21. The lowest BCUT2D eigenvalue weighted by atomic mass is 9.79. The molecule has 4 rings (SSSR count). The van der Waals surface area contributed by atoms with Crippen molar-refractivity contribution in [2.24, 2.45) is 11.8 Å². The highest BCUT2D eigenvalue weighted by atomic mass is 19.1. The predicted molar refractivity (Wildman–Crippen MR) is 156 cm³/mol. The number of halogens is 2. The average Bonchev–Trinajstić information content (AvgIpc) is 2.93. The lowest BCUT2D eigenvalue weighted by molar-refractivity contribution is 0.237. The van der Waals surface area contributed by atoms with Crippen molar-refractivity contribution in [3.05, 3.63) is 76.9 Å². The van der Waals surface area contributed by atoms with Crippen molar-refractivity contribution in [1.29, 1.82) is 0 Å². The fourth-order valence-electron chi connectivity index (χ4n) is 5.88. The molecule has 1 aliphatic rings. The Morgan fingerprint density at radius 3 is 1.87 bits per heavy atom. The molecule has 3 aromatic rings. The molecule has 1 nitrogen and oxygen atoms in total. The van der Waals surface area contributed by atoms with Crippen LogP contribution in [0.4, 0.5) is 8.78 Å². The van der Waals surface area contributed by atoms with E-state index in [-0.39, 0.29) is 11.6 Å². The summed E-state index contributed by atoms with van der Waals surface area (Å²) in [5, 5.41) is 0. The van der Waals surface area contributed by atoms with Crippen LogP contribution in [0.25, 0.3) is 22.3 Å². The van der Waals surface area contributed by atoms with E-state index in [1.54, 1.807) is 12.1 Å². The van der Waals surface area contributed by atoms with Crippen LogP contribution in [0.3, 0.4) is 0 Å². The van der Waals surface area contributed by atoms with Gasteiger partial charge in [-0.05, 0) is 95.5 Å². The van der Waals surface area contributed by atoms with Gasteiger partial charge in [0, 0.05) is 11.1 Å². The normalized spacial score (nSPS) is 17.7. The third-order valence-corrected chi connectivity index (χ3v) is 8.69. The average molecular weight is 519 g/mol. The lowest BCUT2D eigenvalue weighted by Gasteiger charge is -2.26. The predicted octanol–water partition coefficient (Wildman–Crippen LogP) is 10.5. The van der Waals surface area contributed by atoms with Crippen LogP contribution in [0.5, 0.6) is 5.75 Å². The molecule has 3 heteroatoms. The second-order valence-corrected chi connectivity index (χ2v) is 11.2. The lowest BCUT2D eigenvalue weighted by Crippen LogP contribution is -2.12. The number of hydrogen-bond donors (Lipinski definition) is 0. The van der Waals surface area contributed by atoms with E-state index in [9.17, 15) is 0 Å². The van der Waals surface area contributed by atoms with Crippen molar-refractivity contribution in [2.75, 3.05) is 6.61 Å². The first-order valence-corrected chi connectivity index (χ1v) is 14.8. The molecule has 0 atom stereocenters. The van der Waals surface area contributed by atoms with Gasteiger partial charge in [0.05, 0.1) is 6.61 Å². The van der Waals surface area contributed by atoms with Gasteiger partial charge in [0.25, 0.3) is 0 Å². The molecule has 204 valence electrons. The highest BCUT2D eigenvalue weighted by molar-refractivity contribution is 5.73. The summed E-state index contributed by atoms with van der Waals surface area (Å²) in [7, 11) is 0. The minimum absolute atomic E-state index is 0.270. The van der Waals surface area contributed by atoms with E-state index in [1.165, 1.54) is 18.9 Å². The second kappa shape index (κ2) is 12.9. The summed E-state index contributed by atoms with van der Waals surface area (Å²) in [4.78, 5) is 0. The van der Waals surface area contributed by atoms with Gasteiger partial charge in [0.2, 0.25) is 0 Å². The quantitative estimate of drug-likeness (QED) is 0.259. The smallest absolute Gasteiger partial charge is 0.131 e. The van der Waals surface area contributed by atoms with E-state index >= 15 is 8.78 Å². The largest absolute Gasteiger partial charge is 0.493 e. The monoisotopic (exact) mass is 518 g/mol. The van der Waals surface area contributed by atoms with Gasteiger partial charge in [-0.15, -0.1) is 0 Å². The zero-order valence-corrected chi connectivity index (χ0v) is 23.9. The molecule has 38 heavy (non-hydrogen) atoms. The SMILES string of the molecule is CCc1cc(-c2ccc(-c3ccc(C4CCC(C)CC4)cc3F)cc2F)cc(CC)c1OCC(CC)CC. The van der Waals surface area contributed by atoms with Gasteiger partial charge in [-0.2, -0.15) is 0 Å². The maximum atomic E-state index is 15.5. The van der Waals surface area contributed by atoms with Crippen LogP contribution in [-0.4, -0.2) is 6.61 Å². The molecule has 0 amide bonds. The molecular weight excluding hydrogens is 474 g/mol. The zero-order chi connectivity index (χ0) is 27.2. The first kappa shape index (κ1) is 28.3.